The van der Waals surface area contributed by atoms with Gasteiger partial charge in [-0.3, -0.25) is 0 Å². The topological polar surface area (TPSA) is 77.8 Å². The van der Waals surface area contributed by atoms with Crippen molar-refractivity contribution in [3.63, 3.8) is 0 Å². The van der Waals surface area contributed by atoms with Gasteiger partial charge in [-0.15, -0.1) is 0 Å². The van der Waals surface area contributed by atoms with Crippen molar-refractivity contribution in [2.24, 2.45) is 0 Å². The second kappa shape index (κ2) is 12.1. The molecule has 0 aliphatic rings. The second-order valence-electron chi connectivity index (χ2n) is 7.47. The average Bonchev–Trinajstić information content (AvgIpc) is 2.60. The van der Waals surface area contributed by atoms with Crippen LogP contribution in [-0.4, -0.2) is 21.3 Å². The summed E-state index contributed by atoms with van der Waals surface area (Å²) in [6, 6.07) is 1.43. The highest BCUT2D eigenvalue weighted by Crippen LogP contribution is 2.35. The summed E-state index contributed by atoms with van der Waals surface area (Å²) in [6.07, 6.45) is 13.9. The Labute approximate surface area is 168 Å². The van der Waals surface area contributed by atoms with Gasteiger partial charge < -0.3 is 15.3 Å². The molecule has 0 aliphatic carbocycles. The van der Waals surface area contributed by atoms with Crippen LogP contribution in [0.4, 0.5) is 0 Å². The van der Waals surface area contributed by atoms with Gasteiger partial charge in [-0.05, 0) is 64.5 Å². The van der Waals surface area contributed by atoms with Crippen molar-refractivity contribution in [2.45, 2.75) is 72.6 Å². The largest absolute Gasteiger partial charge is 0.507 e. The Balaban J connectivity index is 3.04. The minimum Gasteiger partial charge on any atom is -0.507 e. The van der Waals surface area contributed by atoms with Crippen LogP contribution < -0.4 is 0 Å². The van der Waals surface area contributed by atoms with Crippen LogP contribution >= 0.6 is 0 Å². The first-order valence-electron chi connectivity index (χ1n) is 10.0. The van der Waals surface area contributed by atoms with Gasteiger partial charge in [-0.2, -0.15) is 0 Å². The Morgan fingerprint density at radius 3 is 2.39 bits per heavy atom. The van der Waals surface area contributed by atoms with Gasteiger partial charge in [0.15, 0.2) is 0 Å². The first-order chi connectivity index (χ1) is 13.3. The molecule has 4 nitrogen and oxygen atoms in total. The first kappa shape index (κ1) is 23.5. The molecule has 0 amide bonds. The third-order valence-corrected chi connectivity index (χ3v) is 4.64. The monoisotopic (exact) mass is 386 g/mol. The molecule has 28 heavy (non-hydrogen) atoms. The summed E-state index contributed by atoms with van der Waals surface area (Å²) >= 11 is 0. The molecule has 154 valence electrons. The van der Waals surface area contributed by atoms with E-state index in [1.165, 1.54) is 11.6 Å². The molecule has 4 heteroatoms. The van der Waals surface area contributed by atoms with Crippen molar-refractivity contribution in [1.82, 2.24) is 0 Å². The predicted octanol–water partition coefficient (Wildman–Crippen LogP) is 6.62. The van der Waals surface area contributed by atoms with E-state index in [4.69, 9.17) is 0 Å². The van der Waals surface area contributed by atoms with Crippen LogP contribution in [0.15, 0.2) is 35.4 Å². The summed E-state index contributed by atoms with van der Waals surface area (Å²) in [5.74, 6) is -1.63. The number of carboxylic acids is 1. The molecule has 1 aromatic rings. The van der Waals surface area contributed by atoms with Crippen molar-refractivity contribution in [1.29, 1.82) is 0 Å². The number of aromatic hydroxyl groups is 2. The molecule has 0 unspecified atom stereocenters. The normalized spacial score (nSPS) is 11.8. The quantitative estimate of drug-likeness (QED) is 0.295. The number of allylic oxidation sites excluding steroid dienone is 5. The van der Waals surface area contributed by atoms with Crippen LogP contribution in [0.3, 0.4) is 0 Å². The van der Waals surface area contributed by atoms with Gasteiger partial charge in [0.1, 0.15) is 17.1 Å². The third kappa shape index (κ3) is 7.63. The van der Waals surface area contributed by atoms with Crippen LogP contribution in [0.2, 0.25) is 0 Å². The summed E-state index contributed by atoms with van der Waals surface area (Å²) in [4.78, 5) is 11.7. The van der Waals surface area contributed by atoms with Crippen LogP contribution in [-0.2, 0) is 6.42 Å². The number of rotatable bonds is 11. The van der Waals surface area contributed by atoms with E-state index in [0.717, 1.165) is 44.1 Å². The van der Waals surface area contributed by atoms with Crippen molar-refractivity contribution in [3.05, 3.63) is 52.1 Å². The predicted molar refractivity (Wildman–Crippen MR) is 116 cm³/mol. The molecule has 0 atom stereocenters. The van der Waals surface area contributed by atoms with Gasteiger partial charge in [0, 0.05) is 5.56 Å². The van der Waals surface area contributed by atoms with Crippen LogP contribution in [0.5, 0.6) is 11.5 Å². The van der Waals surface area contributed by atoms with Gasteiger partial charge in [0.25, 0.3) is 0 Å². The Kier molecular flexibility index (Phi) is 10.1. The summed E-state index contributed by atoms with van der Waals surface area (Å²) in [5.41, 5.74) is 2.82. The van der Waals surface area contributed by atoms with Gasteiger partial charge in [-0.25, -0.2) is 4.79 Å². The summed E-state index contributed by atoms with van der Waals surface area (Å²) in [6.45, 7) is 8.24. The first-order valence-corrected chi connectivity index (χ1v) is 10.0. The second-order valence-corrected chi connectivity index (χ2v) is 7.47. The fraction of sp³-hybridized carbons (Fsp3) is 0.458. The Bertz CT molecular complexity index is 750. The zero-order valence-corrected chi connectivity index (χ0v) is 17.6. The molecule has 0 aliphatic heterocycles. The van der Waals surface area contributed by atoms with Crippen LogP contribution in [0, 0.1) is 0 Å². The van der Waals surface area contributed by atoms with E-state index in [1.807, 2.05) is 19.1 Å². The van der Waals surface area contributed by atoms with Crippen LogP contribution in [0.1, 0.15) is 87.7 Å². The van der Waals surface area contributed by atoms with Crippen molar-refractivity contribution in [3.8, 4) is 11.5 Å². The molecule has 0 aromatic heterocycles. The maximum Gasteiger partial charge on any atom is 0.340 e. The molecule has 0 saturated heterocycles. The van der Waals surface area contributed by atoms with E-state index in [2.05, 4.69) is 26.8 Å². The molecular formula is C24H34O4. The zero-order chi connectivity index (χ0) is 21.1. The molecule has 0 bridgehead atoms. The highest BCUT2D eigenvalue weighted by molar-refractivity contribution is 5.96. The van der Waals surface area contributed by atoms with Crippen LogP contribution in [0.25, 0.3) is 6.08 Å². The van der Waals surface area contributed by atoms with Gasteiger partial charge in [0.2, 0.25) is 0 Å². The van der Waals surface area contributed by atoms with E-state index < -0.39 is 5.97 Å². The lowest BCUT2D eigenvalue weighted by Gasteiger charge is -2.12. The summed E-state index contributed by atoms with van der Waals surface area (Å²) < 4.78 is 0. The number of aromatic carboxylic acids is 1. The molecule has 0 spiro atoms. The molecular weight excluding hydrogens is 352 g/mol. The number of phenolic OH excluding ortho intramolecular Hbond substituents is 1. The number of benzene rings is 1. The molecule has 0 radical (unpaired) electrons. The van der Waals surface area contributed by atoms with Crippen molar-refractivity contribution < 1.29 is 20.1 Å². The van der Waals surface area contributed by atoms with E-state index in [1.54, 1.807) is 6.08 Å². The van der Waals surface area contributed by atoms with Crippen molar-refractivity contribution >= 4 is 12.0 Å². The maximum absolute atomic E-state index is 11.7. The van der Waals surface area contributed by atoms with Gasteiger partial charge in [0.05, 0.1) is 0 Å². The summed E-state index contributed by atoms with van der Waals surface area (Å²) in [5, 5.41) is 30.4. The lowest BCUT2D eigenvalue weighted by atomic mass is 9.97. The number of hydrogen-bond donors (Lipinski definition) is 3. The van der Waals surface area contributed by atoms with Gasteiger partial charge >= 0.3 is 5.97 Å². The standard InChI is InChI=1S/C24H34O4/c1-5-6-7-8-9-13-19-16-21(25)20(23(26)22(19)24(27)28)15-14-18(4)12-10-11-17(2)3/h9,11,13-14,16,25-26H,5-8,10,12,15H2,1-4H3,(H,27,28)/b13-9+,18-14+. The number of carbonyl (C=O) groups is 1. The highest BCUT2D eigenvalue weighted by Gasteiger charge is 2.20. The Morgan fingerprint density at radius 2 is 1.79 bits per heavy atom. The minimum absolute atomic E-state index is 0.0796. The lowest BCUT2D eigenvalue weighted by Crippen LogP contribution is -2.03. The van der Waals surface area contributed by atoms with E-state index in [0.29, 0.717) is 12.0 Å². The fourth-order valence-corrected chi connectivity index (χ4v) is 2.96. The molecule has 0 heterocycles. The van der Waals surface area contributed by atoms with Gasteiger partial charge in [-0.1, -0.05) is 55.2 Å². The molecule has 3 N–H and O–H groups in total. The highest BCUT2D eigenvalue weighted by atomic mass is 16.4. The maximum atomic E-state index is 11.7. The number of hydrogen-bond acceptors (Lipinski definition) is 3. The van der Waals surface area contributed by atoms with E-state index in [9.17, 15) is 20.1 Å². The fourth-order valence-electron chi connectivity index (χ4n) is 2.96. The Morgan fingerprint density at radius 1 is 1.07 bits per heavy atom. The SMILES string of the molecule is CCCCC/C=C/c1cc(O)c(C/C=C(\C)CCC=C(C)C)c(O)c1C(=O)O. The molecule has 1 aromatic carbocycles. The average molecular weight is 387 g/mol. The smallest absolute Gasteiger partial charge is 0.340 e. The molecule has 1 rings (SSSR count). The minimum atomic E-state index is -1.20. The lowest BCUT2D eigenvalue weighted by molar-refractivity contribution is 0.0693. The Hall–Kier alpha value is -2.49. The third-order valence-electron chi connectivity index (χ3n) is 4.64. The molecule has 0 fully saturated rings. The van der Waals surface area contributed by atoms with E-state index in [-0.39, 0.29) is 22.6 Å². The zero-order valence-electron chi connectivity index (χ0n) is 17.6. The number of phenols is 2. The number of unbranched alkanes of at least 4 members (excludes halogenated alkanes) is 3. The summed E-state index contributed by atoms with van der Waals surface area (Å²) in [7, 11) is 0. The molecule has 0 saturated carbocycles. The van der Waals surface area contributed by atoms with Crippen molar-refractivity contribution in [2.75, 3.05) is 0 Å². The number of carboxylic acid groups (broad SMARTS) is 1. The van der Waals surface area contributed by atoms with E-state index >= 15 is 0 Å².